The molecule has 98 valence electrons. The first kappa shape index (κ1) is 12.3. The molecule has 0 saturated carbocycles. The number of benzene rings is 1. The van der Waals surface area contributed by atoms with Gasteiger partial charge in [-0.1, -0.05) is 6.07 Å². The zero-order valence-electron chi connectivity index (χ0n) is 10.9. The van der Waals surface area contributed by atoms with Crippen LogP contribution in [-0.4, -0.2) is 22.9 Å². The molecule has 1 aromatic carbocycles. The number of aromatic nitrogens is 2. The van der Waals surface area contributed by atoms with Gasteiger partial charge in [0.05, 0.1) is 12.6 Å². The van der Waals surface area contributed by atoms with E-state index in [1.807, 2.05) is 24.3 Å². The summed E-state index contributed by atoms with van der Waals surface area (Å²) in [6.07, 6.45) is 3.18. The Morgan fingerprint density at radius 1 is 1.10 bits per heavy atom. The minimum atomic E-state index is -0.136. The molecule has 0 fully saturated rings. The van der Waals surface area contributed by atoms with Crippen molar-refractivity contribution in [3.8, 4) is 5.75 Å². The number of ketones is 1. The Kier molecular flexibility index (Phi) is 3.13. The lowest BCUT2D eigenvalue weighted by molar-refractivity contribution is 0.103. The molecule has 0 unspecified atom stereocenters. The van der Waals surface area contributed by atoms with Crippen molar-refractivity contribution in [2.75, 3.05) is 7.11 Å². The van der Waals surface area contributed by atoms with Crippen LogP contribution in [0.5, 0.6) is 5.75 Å². The standard InChI is InChI=1S/C16H12N2O2/c1-20-13-5-6-14-11(9-13)8-12(10-18-14)16(19)15-4-2-3-7-17-15/h2-10H,1H3. The predicted octanol–water partition coefficient (Wildman–Crippen LogP) is 2.87. The van der Waals surface area contributed by atoms with E-state index in [2.05, 4.69) is 9.97 Å². The van der Waals surface area contributed by atoms with Gasteiger partial charge >= 0.3 is 0 Å². The Balaban J connectivity index is 2.06. The van der Waals surface area contributed by atoms with Gasteiger partial charge in [-0.05, 0) is 36.4 Å². The zero-order valence-corrected chi connectivity index (χ0v) is 10.9. The van der Waals surface area contributed by atoms with Crippen LogP contribution in [0.25, 0.3) is 10.9 Å². The highest BCUT2D eigenvalue weighted by Gasteiger charge is 2.11. The van der Waals surface area contributed by atoms with Crippen molar-refractivity contribution in [1.82, 2.24) is 9.97 Å². The fourth-order valence-corrected chi connectivity index (χ4v) is 2.01. The first-order valence-electron chi connectivity index (χ1n) is 6.17. The zero-order chi connectivity index (χ0) is 13.9. The lowest BCUT2D eigenvalue weighted by atomic mass is 10.1. The number of methoxy groups -OCH3 is 1. The van der Waals surface area contributed by atoms with E-state index >= 15 is 0 Å². The molecule has 0 aliphatic carbocycles. The summed E-state index contributed by atoms with van der Waals surface area (Å²) in [6, 6.07) is 12.6. The first-order chi connectivity index (χ1) is 9.78. The molecule has 0 N–H and O–H groups in total. The van der Waals surface area contributed by atoms with E-state index in [1.165, 1.54) is 0 Å². The van der Waals surface area contributed by atoms with Gasteiger partial charge in [-0.2, -0.15) is 0 Å². The second-order valence-corrected chi connectivity index (χ2v) is 4.33. The van der Waals surface area contributed by atoms with Gasteiger partial charge in [-0.15, -0.1) is 0 Å². The summed E-state index contributed by atoms with van der Waals surface area (Å²) in [5, 5.41) is 0.867. The van der Waals surface area contributed by atoms with Crippen LogP contribution in [0.15, 0.2) is 54.9 Å². The molecular weight excluding hydrogens is 252 g/mol. The monoisotopic (exact) mass is 264 g/mol. The molecule has 2 aromatic heterocycles. The highest BCUT2D eigenvalue weighted by Crippen LogP contribution is 2.20. The van der Waals surface area contributed by atoms with Crippen molar-refractivity contribution >= 4 is 16.7 Å². The number of fused-ring (bicyclic) bond motifs is 1. The number of nitrogens with zero attached hydrogens (tertiary/aromatic N) is 2. The van der Waals surface area contributed by atoms with Crippen LogP contribution in [0.1, 0.15) is 16.1 Å². The van der Waals surface area contributed by atoms with Gasteiger partial charge in [0.15, 0.2) is 0 Å². The third-order valence-electron chi connectivity index (χ3n) is 3.05. The van der Waals surface area contributed by atoms with Crippen molar-refractivity contribution in [1.29, 1.82) is 0 Å². The molecule has 0 bridgehead atoms. The average Bonchev–Trinajstić information content (AvgIpc) is 2.54. The third kappa shape index (κ3) is 2.23. The molecule has 0 aliphatic rings. The second kappa shape index (κ2) is 5.09. The molecule has 4 nitrogen and oxygen atoms in total. The summed E-state index contributed by atoms with van der Waals surface area (Å²) in [7, 11) is 1.61. The number of pyridine rings is 2. The molecular formula is C16H12N2O2. The Labute approximate surface area is 116 Å². The fourth-order valence-electron chi connectivity index (χ4n) is 2.01. The number of carbonyl (C=O) groups is 1. The van der Waals surface area contributed by atoms with Crippen molar-refractivity contribution in [3.63, 3.8) is 0 Å². The Bertz CT molecular complexity index is 770. The lowest BCUT2D eigenvalue weighted by Crippen LogP contribution is -2.04. The number of rotatable bonds is 3. The summed E-state index contributed by atoms with van der Waals surface area (Å²) >= 11 is 0. The Morgan fingerprint density at radius 2 is 2.00 bits per heavy atom. The minimum Gasteiger partial charge on any atom is -0.497 e. The van der Waals surface area contributed by atoms with E-state index in [4.69, 9.17) is 4.74 Å². The van der Waals surface area contributed by atoms with Gasteiger partial charge in [0, 0.05) is 23.3 Å². The van der Waals surface area contributed by atoms with Crippen LogP contribution < -0.4 is 4.74 Å². The second-order valence-electron chi connectivity index (χ2n) is 4.33. The largest absolute Gasteiger partial charge is 0.497 e. The number of ether oxygens (including phenoxy) is 1. The predicted molar refractivity (Wildman–Crippen MR) is 76.0 cm³/mol. The van der Waals surface area contributed by atoms with Gasteiger partial charge in [0.1, 0.15) is 11.4 Å². The Hall–Kier alpha value is -2.75. The van der Waals surface area contributed by atoms with E-state index in [1.54, 1.807) is 37.7 Å². The lowest BCUT2D eigenvalue weighted by Gasteiger charge is -2.04. The van der Waals surface area contributed by atoms with Crippen LogP contribution in [-0.2, 0) is 0 Å². The molecule has 20 heavy (non-hydrogen) atoms. The smallest absolute Gasteiger partial charge is 0.212 e. The molecule has 0 amide bonds. The normalized spacial score (nSPS) is 10.4. The molecule has 0 aliphatic heterocycles. The molecule has 0 atom stereocenters. The van der Waals surface area contributed by atoms with Gasteiger partial charge in [0.2, 0.25) is 5.78 Å². The maximum Gasteiger partial charge on any atom is 0.212 e. The third-order valence-corrected chi connectivity index (χ3v) is 3.05. The van der Waals surface area contributed by atoms with Crippen molar-refractivity contribution in [3.05, 3.63) is 66.1 Å². The van der Waals surface area contributed by atoms with Crippen LogP contribution in [0.4, 0.5) is 0 Å². The number of carbonyl (C=O) groups excluding carboxylic acids is 1. The van der Waals surface area contributed by atoms with Crippen molar-refractivity contribution < 1.29 is 9.53 Å². The van der Waals surface area contributed by atoms with Crippen LogP contribution >= 0.6 is 0 Å². The fraction of sp³-hybridized carbons (Fsp3) is 0.0625. The van der Waals surface area contributed by atoms with Crippen molar-refractivity contribution in [2.45, 2.75) is 0 Å². The van der Waals surface area contributed by atoms with E-state index in [-0.39, 0.29) is 5.78 Å². The van der Waals surface area contributed by atoms with Crippen molar-refractivity contribution in [2.24, 2.45) is 0 Å². The van der Waals surface area contributed by atoms with E-state index < -0.39 is 0 Å². The summed E-state index contributed by atoms with van der Waals surface area (Å²) in [4.78, 5) is 20.7. The van der Waals surface area contributed by atoms with Gasteiger partial charge in [0.25, 0.3) is 0 Å². The SMILES string of the molecule is COc1ccc2ncc(C(=O)c3ccccn3)cc2c1. The van der Waals surface area contributed by atoms with Crippen LogP contribution in [0.3, 0.4) is 0 Å². The van der Waals surface area contributed by atoms with Gasteiger partial charge < -0.3 is 4.74 Å². The summed E-state index contributed by atoms with van der Waals surface area (Å²) in [5.41, 5.74) is 1.75. The van der Waals surface area contributed by atoms with Gasteiger partial charge in [-0.3, -0.25) is 14.8 Å². The highest BCUT2D eigenvalue weighted by molar-refractivity contribution is 6.08. The molecule has 0 spiro atoms. The van der Waals surface area contributed by atoms with E-state index in [0.29, 0.717) is 11.3 Å². The van der Waals surface area contributed by atoms with Crippen LogP contribution in [0.2, 0.25) is 0 Å². The summed E-state index contributed by atoms with van der Waals surface area (Å²) in [6.45, 7) is 0. The van der Waals surface area contributed by atoms with E-state index in [9.17, 15) is 4.79 Å². The van der Waals surface area contributed by atoms with Gasteiger partial charge in [-0.25, -0.2) is 0 Å². The number of hydrogen-bond donors (Lipinski definition) is 0. The summed E-state index contributed by atoms with van der Waals surface area (Å²) < 4.78 is 5.18. The maximum atomic E-state index is 12.3. The molecule has 2 heterocycles. The Morgan fingerprint density at radius 3 is 2.75 bits per heavy atom. The molecule has 0 radical (unpaired) electrons. The highest BCUT2D eigenvalue weighted by atomic mass is 16.5. The first-order valence-corrected chi connectivity index (χ1v) is 6.17. The average molecular weight is 264 g/mol. The topological polar surface area (TPSA) is 52.1 Å². The molecule has 3 aromatic rings. The molecule has 4 heteroatoms. The van der Waals surface area contributed by atoms with E-state index in [0.717, 1.165) is 16.7 Å². The molecule has 0 saturated heterocycles. The minimum absolute atomic E-state index is 0.136. The summed E-state index contributed by atoms with van der Waals surface area (Å²) in [5.74, 6) is 0.601. The quantitative estimate of drug-likeness (QED) is 0.682. The number of hydrogen-bond acceptors (Lipinski definition) is 4. The molecule has 3 rings (SSSR count). The maximum absolute atomic E-state index is 12.3. The van der Waals surface area contributed by atoms with Crippen LogP contribution in [0, 0.1) is 0 Å².